The lowest BCUT2D eigenvalue weighted by Gasteiger charge is -2.19. The molecule has 162 valence electrons. The molecule has 5 rings (SSSR count). The van der Waals surface area contributed by atoms with E-state index in [1.54, 1.807) is 30.3 Å². The van der Waals surface area contributed by atoms with E-state index >= 15 is 0 Å². The Bertz CT molecular complexity index is 1380. The first-order chi connectivity index (χ1) is 15.5. The molecular weight excluding hydrogens is 430 g/mol. The Morgan fingerprint density at radius 1 is 0.812 bits per heavy atom. The average molecular weight is 449 g/mol. The Morgan fingerprint density at radius 3 is 2.31 bits per heavy atom. The zero-order valence-electron chi connectivity index (χ0n) is 17.1. The van der Waals surface area contributed by atoms with Gasteiger partial charge in [-0.05, 0) is 49.4 Å². The summed E-state index contributed by atoms with van der Waals surface area (Å²) in [6.45, 7) is 2.88. The molecule has 0 saturated carbocycles. The van der Waals surface area contributed by atoms with Crippen LogP contribution in [0.1, 0.15) is 5.56 Å². The van der Waals surface area contributed by atoms with Crippen LogP contribution in [-0.4, -0.2) is 31.8 Å². The van der Waals surface area contributed by atoms with Crippen LogP contribution in [0.5, 0.6) is 11.5 Å². The monoisotopic (exact) mass is 449 g/mol. The highest BCUT2D eigenvalue weighted by Crippen LogP contribution is 2.33. The second-order valence-corrected chi connectivity index (χ2v) is 8.95. The number of aryl methyl sites for hydroxylation is 1. The predicted molar refractivity (Wildman–Crippen MR) is 118 cm³/mol. The van der Waals surface area contributed by atoms with Crippen LogP contribution in [0.2, 0.25) is 0 Å². The van der Waals surface area contributed by atoms with Gasteiger partial charge in [0.05, 0.1) is 10.6 Å². The van der Waals surface area contributed by atoms with Gasteiger partial charge in [0.15, 0.2) is 11.5 Å². The first-order valence-corrected chi connectivity index (χ1v) is 11.4. The van der Waals surface area contributed by atoms with Gasteiger partial charge in [0.1, 0.15) is 13.2 Å². The molecule has 0 atom stereocenters. The first kappa shape index (κ1) is 20.1. The quantitative estimate of drug-likeness (QED) is 0.485. The Hall–Kier alpha value is -3.85. The van der Waals surface area contributed by atoms with E-state index in [1.165, 1.54) is 12.1 Å². The van der Waals surface area contributed by atoms with Crippen molar-refractivity contribution in [3.05, 3.63) is 72.3 Å². The molecule has 0 spiro atoms. The third-order valence-corrected chi connectivity index (χ3v) is 6.29. The standard InChI is InChI=1S/C23H19N3O5S/c1-15-5-7-16(8-6-15)22-24-25-23(31-22)17-3-2-4-19(13-17)32(27,28)26-18-9-10-20-21(14-18)30-12-11-29-20/h2-10,13-14,26H,11-12H2,1H3. The van der Waals surface area contributed by atoms with Crippen molar-refractivity contribution in [3.63, 3.8) is 0 Å². The molecule has 1 aromatic heterocycles. The Kier molecular flexibility index (Phi) is 5.02. The summed E-state index contributed by atoms with van der Waals surface area (Å²) in [4.78, 5) is 0.0694. The minimum Gasteiger partial charge on any atom is -0.486 e. The van der Waals surface area contributed by atoms with E-state index in [9.17, 15) is 8.42 Å². The van der Waals surface area contributed by atoms with Crippen LogP contribution in [-0.2, 0) is 10.0 Å². The van der Waals surface area contributed by atoms with Gasteiger partial charge in [-0.25, -0.2) is 8.42 Å². The maximum atomic E-state index is 13.0. The lowest BCUT2D eigenvalue weighted by molar-refractivity contribution is 0.171. The highest BCUT2D eigenvalue weighted by atomic mass is 32.2. The zero-order valence-corrected chi connectivity index (χ0v) is 17.9. The molecule has 0 amide bonds. The number of fused-ring (bicyclic) bond motifs is 1. The van der Waals surface area contributed by atoms with Gasteiger partial charge in [-0.15, -0.1) is 10.2 Å². The van der Waals surface area contributed by atoms with Gasteiger partial charge in [-0.1, -0.05) is 23.8 Å². The molecule has 0 fully saturated rings. The van der Waals surface area contributed by atoms with Crippen LogP contribution in [0.15, 0.2) is 76.0 Å². The summed E-state index contributed by atoms with van der Waals surface area (Å²) in [5.41, 5.74) is 2.79. The van der Waals surface area contributed by atoms with Gasteiger partial charge in [-0.3, -0.25) is 4.72 Å². The van der Waals surface area contributed by atoms with Gasteiger partial charge in [0.25, 0.3) is 10.0 Å². The number of benzene rings is 3. The largest absolute Gasteiger partial charge is 0.486 e. The predicted octanol–water partition coefficient (Wildman–Crippen LogP) is 4.28. The Balaban J connectivity index is 1.40. The number of hydrogen-bond donors (Lipinski definition) is 1. The van der Waals surface area contributed by atoms with Crippen LogP contribution in [0.3, 0.4) is 0 Å². The summed E-state index contributed by atoms with van der Waals surface area (Å²) >= 11 is 0. The normalized spacial score (nSPS) is 13.0. The molecule has 0 saturated heterocycles. The van der Waals surface area contributed by atoms with E-state index in [0.29, 0.717) is 41.9 Å². The van der Waals surface area contributed by atoms with Crippen molar-refractivity contribution in [2.45, 2.75) is 11.8 Å². The number of nitrogens with one attached hydrogen (secondary N) is 1. The molecule has 32 heavy (non-hydrogen) atoms. The molecule has 3 aromatic carbocycles. The highest BCUT2D eigenvalue weighted by Gasteiger charge is 2.19. The smallest absolute Gasteiger partial charge is 0.261 e. The van der Waals surface area contributed by atoms with Crippen molar-refractivity contribution >= 4 is 15.7 Å². The van der Waals surface area contributed by atoms with Crippen LogP contribution in [0.25, 0.3) is 22.9 Å². The highest BCUT2D eigenvalue weighted by molar-refractivity contribution is 7.92. The molecule has 0 aliphatic carbocycles. The number of aromatic nitrogens is 2. The van der Waals surface area contributed by atoms with Crippen LogP contribution < -0.4 is 14.2 Å². The maximum Gasteiger partial charge on any atom is 0.261 e. The van der Waals surface area contributed by atoms with Gasteiger partial charge in [0, 0.05) is 17.2 Å². The number of anilines is 1. The lowest BCUT2D eigenvalue weighted by Crippen LogP contribution is -2.16. The molecule has 1 aliphatic heterocycles. The first-order valence-electron chi connectivity index (χ1n) is 9.91. The molecule has 0 radical (unpaired) electrons. The van der Waals surface area contributed by atoms with E-state index in [-0.39, 0.29) is 10.8 Å². The van der Waals surface area contributed by atoms with Crippen molar-refractivity contribution in [2.24, 2.45) is 0 Å². The van der Waals surface area contributed by atoms with Crippen LogP contribution in [0, 0.1) is 6.92 Å². The maximum absolute atomic E-state index is 13.0. The molecule has 2 heterocycles. The summed E-state index contributed by atoms with van der Waals surface area (Å²) in [5.74, 6) is 1.68. The second-order valence-electron chi connectivity index (χ2n) is 7.27. The summed E-state index contributed by atoms with van der Waals surface area (Å²) < 4.78 is 45.3. The molecular formula is C23H19N3O5S. The van der Waals surface area contributed by atoms with Crippen molar-refractivity contribution in [1.82, 2.24) is 10.2 Å². The van der Waals surface area contributed by atoms with E-state index in [1.807, 2.05) is 31.2 Å². The third-order valence-electron chi connectivity index (χ3n) is 4.91. The molecule has 1 N–H and O–H groups in total. The number of ether oxygens (including phenoxy) is 2. The molecule has 4 aromatic rings. The minimum atomic E-state index is -3.86. The Labute approximate surface area is 184 Å². The molecule has 9 heteroatoms. The summed E-state index contributed by atoms with van der Waals surface area (Å²) in [5, 5.41) is 8.16. The number of rotatable bonds is 5. The Morgan fingerprint density at radius 2 is 1.53 bits per heavy atom. The lowest BCUT2D eigenvalue weighted by atomic mass is 10.1. The van der Waals surface area contributed by atoms with Crippen LogP contribution in [0.4, 0.5) is 5.69 Å². The summed E-state index contributed by atoms with van der Waals surface area (Å²) in [6.07, 6.45) is 0. The fourth-order valence-electron chi connectivity index (χ4n) is 3.27. The molecule has 8 nitrogen and oxygen atoms in total. The second kappa shape index (κ2) is 8.01. The van der Waals surface area contributed by atoms with E-state index in [4.69, 9.17) is 13.9 Å². The van der Waals surface area contributed by atoms with Crippen molar-refractivity contribution < 1.29 is 22.3 Å². The number of hydrogen-bond acceptors (Lipinski definition) is 7. The van der Waals surface area contributed by atoms with Crippen LogP contribution >= 0.6 is 0 Å². The fraction of sp³-hybridized carbons (Fsp3) is 0.130. The molecule has 0 bridgehead atoms. The summed E-state index contributed by atoms with van der Waals surface area (Å²) in [7, 11) is -3.86. The van der Waals surface area contributed by atoms with Gasteiger partial charge in [0.2, 0.25) is 11.8 Å². The van der Waals surface area contributed by atoms with Gasteiger partial charge >= 0.3 is 0 Å². The zero-order chi connectivity index (χ0) is 22.1. The van der Waals surface area contributed by atoms with Gasteiger partial charge in [-0.2, -0.15) is 0 Å². The topological polar surface area (TPSA) is 104 Å². The van der Waals surface area contributed by atoms with E-state index in [2.05, 4.69) is 14.9 Å². The average Bonchev–Trinajstić information content (AvgIpc) is 3.30. The SMILES string of the molecule is Cc1ccc(-c2nnc(-c3cccc(S(=O)(=O)Nc4ccc5c(c4)OCCO5)c3)o2)cc1. The fourth-order valence-corrected chi connectivity index (χ4v) is 4.36. The molecule has 1 aliphatic rings. The van der Waals surface area contributed by atoms with Gasteiger partial charge < -0.3 is 13.9 Å². The molecule has 0 unspecified atom stereocenters. The summed E-state index contributed by atoms with van der Waals surface area (Å²) in [6, 6.07) is 18.9. The van der Waals surface area contributed by atoms with E-state index < -0.39 is 10.0 Å². The van der Waals surface area contributed by atoms with Crippen molar-refractivity contribution in [3.8, 4) is 34.4 Å². The number of nitrogens with zero attached hydrogens (tertiary/aromatic N) is 2. The third kappa shape index (κ3) is 4.02. The van der Waals surface area contributed by atoms with E-state index in [0.717, 1.165) is 11.1 Å². The number of sulfonamides is 1. The minimum absolute atomic E-state index is 0.0694. The van der Waals surface area contributed by atoms with Crippen molar-refractivity contribution in [1.29, 1.82) is 0 Å². The van der Waals surface area contributed by atoms with Crippen molar-refractivity contribution in [2.75, 3.05) is 17.9 Å².